The topological polar surface area (TPSA) is 29.3 Å². The number of thiophene rings is 1. The Morgan fingerprint density at radius 3 is 2.75 bits per heavy atom. The fourth-order valence-corrected chi connectivity index (χ4v) is 2.60. The van der Waals surface area contributed by atoms with E-state index in [4.69, 9.17) is 5.73 Å². The molecule has 1 aliphatic rings. The second-order valence-electron chi connectivity index (χ2n) is 5.15. The smallest absolute Gasteiger partial charge is 0.0331 e. The van der Waals surface area contributed by atoms with Crippen molar-refractivity contribution in [2.24, 2.45) is 11.7 Å². The van der Waals surface area contributed by atoms with Crippen molar-refractivity contribution in [2.45, 2.75) is 45.3 Å². The van der Waals surface area contributed by atoms with Gasteiger partial charge in [0.2, 0.25) is 0 Å². The monoisotopic (exact) mass is 238 g/mol. The lowest BCUT2D eigenvalue weighted by molar-refractivity contribution is 0.222. The lowest BCUT2D eigenvalue weighted by Gasteiger charge is -2.26. The van der Waals surface area contributed by atoms with Crippen LogP contribution in [0.5, 0.6) is 0 Å². The molecule has 1 fully saturated rings. The Morgan fingerprint density at radius 2 is 2.25 bits per heavy atom. The van der Waals surface area contributed by atoms with Crippen molar-refractivity contribution in [3.63, 3.8) is 0 Å². The number of nitrogens with two attached hydrogens (primary N) is 1. The molecule has 1 aromatic rings. The Balaban J connectivity index is 1.90. The Kier molecular flexibility index (Phi) is 4.00. The first kappa shape index (κ1) is 12.1. The predicted octanol–water partition coefficient (Wildman–Crippen LogP) is 2.70. The summed E-state index contributed by atoms with van der Waals surface area (Å²) < 4.78 is 0. The van der Waals surface area contributed by atoms with E-state index in [2.05, 4.69) is 36.3 Å². The van der Waals surface area contributed by atoms with Gasteiger partial charge in [-0.25, -0.2) is 0 Å². The molecule has 0 aromatic carbocycles. The fraction of sp³-hybridized carbons (Fsp3) is 0.692. The van der Waals surface area contributed by atoms with E-state index in [1.807, 2.05) is 11.3 Å². The molecule has 0 bridgehead atoms. The Bertz CT molecular complexity index is 304. The van der Waals surface area contributed by atoms with Crippen molar-refractivity contribution in [1.82, 2.24) is 4.90 Å². The van der Waals surface area contributed by atoms with Crippen LogP contribution in [0.15, 0.2) is 17.5 Å². The van der Waals surface area contributed by atoms with E-state index in [0.29, 0.717) is 12.0 Å². The molecule has 2 rings (SSSR count). The molecule has 0 saturated heterocycles. The summed E-state index contributed by atoms with van der Waals surface area (Å²) in [5.74, 6) is 0.574. The largest absolute Gasteiger partial charge is 0.326 e. The van der Waals surface area contributed by atoms with Crippen LogP contribution in [0.3, 0.4) is 0 Å². The quantitative estimate of drug-likeness (QED) is 0.825. The van der Waals surface area contributed by atoms with Crippen LogP contribution in [0.2, 0.25) is 0 Å². The first-order valence-electron chi connectivity index (χ1n) is 6.19. The van der Waals surface area contributed by atoms with Crippen molar-refractivity contribution >= 4 is 11.3 Å². The highest BCUT2D eigenvalue weighted by Crippen LogP contribution is 2.29. The highest BCUT2D eigenvalue weighted by Gasteiger charge is 2.30. The number of rotatable bonds is 6. The lowest BCUT2D eigenvalue weighted by atomic mass is 10.1. The number of hydrogen-bond acceptors (Lipinski definition) is 3. The summed E-state index contributed by atoms with van der Waals surface area (Å²) in [6, 6.07) is 5.46. The second-order valence-corrected chi connectivity index (χ2v) is 6.18. The highest BCUT2D eigenvalue weighted by atomic mass is 32.1. The molecular weight excluding hydrogens is 216 g/mol. The molecule has 0 amide bonds. The molecule has 1 heterocycles. The van der Waals surface area contributed by atoms with E-state index in [1.54, 1.807) is 0 Å². The summed E-state index contributed by atoms with van der Waals surface area (Å²) in [4.78, 5) is 4.03. The molecule has 0 aliphatic heterocycles. The van der Waals surface area contributed by atoms with Crippen LogP contribution in [0.25, 0.3) is 0 Å². The van der Waals surface area contributed by atoms with Crippen molar-refractivity contribution in [3.05, 3.63) is 22.4 Å². The zero-order valence-corrected chi connectivity index (χ0v) is 11.0. The van der Waals surface area contributed by atoms with Gasteiger partial charge < -0.3 is 5.73 Å². The summed E-state index contributed by atoms with van der Waals surface area (Å²) in [5, 5.41) is 2.16. The average Bonchev–Trinajstić information content (AvgIpc) is 2.97. The molecule has 1 aliphatic carbocycles. The predicted molar refractivity (Wildman–Crippen MR) is 70.6 cm³/mol. The minimum atomic E-state index is 0.306. The molecular formula is C13H22N2S. The summed E-state index contributed by atoms with van der Waals surface area (Å²) in [6.07, 6.45) is 2.71. The van der Waals surface area contributed by atoms with Crippen LogP contribution < -0.4 is 5.73 Å². The van der Waals surface area contributed by atoms with Gasteiger partial charge in [-0.3, -0.25) is 4.90 Å². The van der Waals surface area contributed by atoms with E-state index in [1.165, 1.54) is 17.7 Å². The zero-order valence-electron chi connectivity index (χ0n) is 10.2. The Morgan fingerprint density at radius 1 is 1.50 bits per heavy atom. The van der Waals surface area contributed by atoms with Gasteiger partial charge in [-0.1, -0.05) is 19.9 Å². The minimum Gasteiger partial charge on any atom is -0.326 e. The number of hydrogen-bond donors (Lipinski definition) is 1. The molecule has 1 saturated carbocycles. The van der Waals surface area contributed by atoms with Crippen LogP contribution in [0, 0.1) is 5.92 Å². The molecule has 0 spiro atoms. The summed E-state index contributed by atoms with van der Waals surface area (Å²) in [6.45, 7) is 6.55. The normalized spacial score (nSPS) is 18.3. The molecule has 1 aromatic heterocycles. The Hall–Kier alpha value is -0.380. The molecule has 3 heteroatoms. The van der Waals surface area contributed by atoms with E-state index < -0.39 is 0 Å². The minimum absolute atomic E-state index is 0.306. The van der Waals surface area contributed by atoms with Gasteiger partial charge in [-0.05, 0) is 30.2 Å². The van der Waals surface area contributed by atoms with E-state index in [9.17, 15) is 0 Å². The Labute approximate surface area is 102 Å². The average molecular weight is 238 g/mol. The van der Waals surface area contributed by atoms with Crippen molar-refractivity contribution in [2.75, 3.05) is 6.54 Å². The van der Waals surface area contributed by atoms with Crippen LogP contribution in [-0.4, -0.2) is 23.5 Å². The summed E-state index contributed by atoms with van der Waals surface area (Å²) in [5.41, 5.74) is 6.17. The maximum Gasteiger partial charge on any atom is 0.0331 e. The SMILES string of the molecule is CC(C)C(N)CN(Cc1cccs1)C1CC1. The summed E-state index contributed by atoms with van der Waals surface area (Å²) in [7, 11) is 0. The third kappa shape index (κ3) is 3.30. The van der Waals surface area contributed by atoms with Gasteiger partial charge in [0, 0.05) is 30.1 Å². The van der Waals surface area contributed by atoms with E-state index >= 15 is 0 Å². The highest BCUT2D eigenvalue weighted by molar-refractivity contribution is 7.09. The van der Waals surface area contributed by atoms with E-state index in [-0.39, 0.29) is 0 Å². The molecule has 90 valence electrons. The van der Waals surface area contributed by atoms with Crippen LogP contribution in [0.4, 0.5) is 0 Å². The fourth-order valence-electron chi connectivity index (χ4n) is 1.87. The first-order chi connectivity index (χ1) is 7.66. The van der Waals surface area contributed by atoms with Gasteiger partial charge in [0.15, 0.2) is 0 Å². The maximum atomic E-state index is 6.17. The van der Waals surface area contributed by atoms with Gasteiger partial charge in [-0.2, -0.15) is 0 Å². The van der Waals surface area contributed by atoms with Gasteiger partial charge in [-0.15, -0.1) is 11.3 Å². The number of nitrogens with zero attached hydrogens (tertiary/aromatic N) is 1. The van der Waals surface area contributed by atoms with Gasteiger partial charge in [0.25, 0.3) is 0 Å². The van der Waals surface area contributed by atoms with Crippen LogP contribution >= 0.6 is 11.3 Å². The third-order valence-corrected chi connectivity index (χ3v) is 4.17. The zero-order chi connectivity index (χ0) is 11.5. The summed E-state index contributed by atoms with van der Waals surface area (Å²) >= 11 is 1.85. The molecule has 1 atom stereocenters. The molecule has 2 nitrogen and oxygen atoms in total. The molecule has 2 N–H and O–H groups in total. The van der Waals surface area contributed by atoms with Crippen molar-refractivity contribution in [3.8, 4) is 0 Å². The molecule has 16 heavy (non-hydrogen) atoms. The molecule has 0 radical (unpaired) electrons. The lowest BCUT2D eigenvalue weighted by Crippen LogP contribution is -2.41. The van der Waals surface area contributed by atoms with Gasteiger partial charge in [0.05, 0.1) is 0 Å². The van der Waals surface area contributed by atoms with E-state index in [0.717, 1.165) is 19.1 Å². The standard InChI is InChI=1S/C13H22N2S/c1-10(2)13(14)9-15(11-5-6-11)8-12-4-3-7-16-12/h3-4,7,10-11,13H,5-6,8-9,14H2,1-2H3. The van der Waals surface area contributed by atoms with Crippen LogP contribution in [-0.2, 0) is 6.54 Å². The first-order valence-corrected chi connectivity index (χ1v) is 7.07. The van der Waals surface area contributed by atoms with Crippen molar-refractivity contribution < 1.29 is 0 Å². The van der Waals surface area contributed by atoms with Crippen LogP contribution in [0.1, 0.15) is 31.6 Å². The van der Waals surface area contributed by atoms with Crippen molar-refractivity contribution in [1.29, 1.82) is 0 Å². The maximum absolute atomic E-state index is 6.17. The van der Waals surface area contributed by atoms with Gasteiger partial charge in [0.1, 0.15) is 0 Å². The third-order valence-electron chi connectivity index (χ3n) is 3.30. The molecule has 1 unspecified atom stereocenters. The van der Waals surface area contributed by atoms with Gasteiger partial charge >= 0.3 is 0 Å². The second kappa shape index (κ2) is 5.30.